The second-order valence-electron chi connectivity index (χ2n) is 9.34. The molecule has 1 aliphatic heterocycles. The summed E-state index contributed by atoms with van der Waals surface area (Å²) >= 11 is 0. The van der Waals surface area contributed by atoms with Crippen molar-refractivity contribution in [2.75, 3.05) is 36.7 Å². The summed E-state index contributed by atoms with van der Waals surface area (Å²) in [5.74, 6) is 6.55. The number of anilines is 1. The van der Waals surface area contributed by atoms with Crippen LogP contribution in [-0.2, 0) is 14.6 Å². The van der Waals surface area contributed by atoms with Crippen molar-refractivity contribution in [1.29, 1.82) is 0 Å². The molecule has 1 aliphatic rings. The number of ether oxygens (including phenoxy) is 2. The van der Waals surface area contributed by atoms with Gasteiger partial charge in [0.1, 0.15) is 45.4 Å². The molecular formula is C30H31N3O7S. The van der Waals surface area contributed by atoms with Gasteiger partial charge in [0.25, 0.3) is 11.8 Å². The van der Waals surface area contributed by atoms with E-state index in [0.717, 1.165) is 0 Å². The normalized spacial score (nSPS) is 14.6. The second-order valence-corrected chi connectivity index (χ2v) is 11.6. The first kappa shape index (κ1) is 29.6. The van der Waals surface area contributed by atoms with Crippen LogP contribution in [0.3, 0.4) is 0 Å². The highest BCUT2D eigenvalue weighted by Crippen LogP contribution is 2.31. The molecule has 10 nitrogen and oxygen atoms in total. The lowest BCUT2D eigenvalue weighted by atomic mass is 10.1. The number of fused-ring (bicyclic) bond motifs is 1. The number of benzene rings is 2. The van der Waals surface area contributed by atoms with Crippen molar-refractivity contribution in [1.82, 2.24) is 10.3 Å². The number of likely N-dealkylation sites (N-methyl/N-ethyl adjacent to an activating group) is 1. The molecule has 0 unspecified atom stereocenters. The van der Waals surface area contributed by atoms with Crippen molar-refractivity contribution in [3.8, 4) is 29.1 Å². The third-order valence-corrected chi connectivity index (χ3v) is 8.03. The van der Waals surface area contributed by atoms with Gasteiger partial charge in [-0.1, -0.05) is 30.0 Å². The number of nitrogens with zero attached hydrogens (tertiary/aromatic N) is 2. The van der Waals surface area contributed by atoms with Crippen LogP contribution in [-0.4, -0.2) is 68.1 Å². The van der Waals surface area contributed by atoms with E-state index in [9.17, 15) is 18.0 Å². The minimum absolute atomic E-state index is 0.0178. The summed E-state index contributed by atoms with van der Waals surface area (Å²) in [6.45, 7) is -0.223. The van der Waals surface area contributed by atoms with Crippen LogP contribution in [0.25, 0.3) is 0 Å². The van der Waals surface area contributed by atoms with Crippen LogP contribution in [0.5, 0.6) is 17.2 Å². The van der Waals surface area contributed by atoms with Gasteiger partial charge in [-0.3, -0.25) is 14.6 Å². The third kappa shape index (κ3) is 8.30. The van der Waals surface area contributed by atoms with Gasteiger partial charge in [0.2, 0.25) is 0 Å². The first-order valence-electron chi connectivity index (χ1n) is 13.1. The highest BCUT2D eigenvalue weighted by atomic mass is 32.2. The van der Waals surface area contributed by atoms with Crippen molar-refractivity contribution >= 4 is 27.3 Å². The highest BCUT2D eigenvalue weighted by molar-refractivity contribution is 7.91. The average Bonchev–Trinajstić information content (AvgIpc) is 3.08. The van der Waals surface area contributed by atoms with E-state index < -0.39 is 21.8 Å². The largest absolute Gasteiger partial charge is 0.489 e. The Kier molecular flexibility index (Phi) is 9.95. The number of sulfone groups is 1. The zero-order valence-corrected chi connectivity index (χ0v) is 23.4. The summed E-state index contributed by atoms with van der Waals surface area (Å²) in [5.41, 5.74) is 1.23. The van der Waals surface area contributed by atoms with E-state index in [1.807, 2.05) is 18.2 Å². The number of amides is 2. The van der Waals surface area contributed by atoms with Crippen LogP contribution in [0.2, 0.25) is 0 Å². The van der Waals surface area contributed by atoms with E-state index >= 15 is 0 Å². The van der Waals surface area contributed by atoms with Gasteiger partial charge in [-0.25, -0.2) is 8.42 Å². The minimum Gasteiger partial charge on any atom is -0.489 e. The van der Waals surface area contributed by atoms with Crippen LogP contribution in [0.1, 0.15) is 35.3 Å². The molecule has 1 aromatic heterocycles. The molecular weight excluding hydrogens is 546 g/mol. The van der Waals surface area contributed by atoms with Crippen LogP contribution in [0.4, 0.5) is 5.69 Å². The summed E-state index contributed by atoms with van der Waals surface area (Å²) in [6, 6.07) is 16.5. The first-order valence-corrected chi connectivity index (χ1v) is 14.9. The molecule has 0 radical (unpaired) electrons. The fourth-order valence-corrected chi connectivity index (χ4v) is 5.42. The molecule has 1 atom stereocenters. The lowest BCUT2D eigenvalue weighted by molar-refractivity contribution is -0.120. The maximum absolute atomic E-state index is 13.2. The second kappa shape index (κ2) is 13.8. The van der Waals surface area contributed by atoms with E-state index in [-0.39, 0.29) is 42.7 Å². The van der Waals surface area contributed by atoms with Gasteiger partial charge in [0.15, 0.2) is 0 Å². The van der Waals surface area contributed by atoms with Gasteiger partial charge in [0, 0.05) is 37.9 Å². The van der Waals surface area contributed by atoms with E-state index in [1.54, 1.807) is 43.4 Å². The van der Waals surface area contributed by atoms with Crippen LogP contribution in [0.15, 0.2) is 66.9 Å². The lowest BCUT2D eigenvalue weighted by Crippen LogP contribution is -2.49. The molecule has 2 heterocycles. The standard InChI is InChI=1S/C30H31N3O7S/c1-33-27-19-22(9-4-3-7-17-41(37,38)18-8-16-34)12-13-28(27)39-21-26(30(33)36)32-29(35)25-20-24(14-15-31-25)40-23-10-5-2-6-11-23/h2,5-6,10-15,19-20,26,34H,3,7-8,16-18,21H2,1H3,(H,32,35)/t26-/m0/s1. The Labute approximate surface area is 239 Å². The molecule has 0 spiro atoms. The van der Waals surface area contributed by atoms with Crippen molar-refractivity contribution in [3.05, 3.63) is 78.1 Å². The third-order valence-electron chi connectivity index (χ3n) is 6.21. The monoisotopic (exact) mass is 577 g/mol. The average molecular weight is 578 g/mol. The smallest absolute Gasteiger partial charge is 0.270 e. The highest BCUT2D eigenvalue weighted by Gasteiger charge is 2.31. The van der Waals surface area contributed by atoms with Crippen LogP contribution >= 0.6 is 0 Å². The molecule has 214 valence electrons. The number of aliphatic hydroxyl groups is 1. The summed E-state index contributed by atoms with van der Waals surface area (Å²) in [5, 5.41) is 11.5. The van der Waals surface area contributed by atoms with E-state index in [1.165, 1.54) is 17.2 Å². The number of unbranched alkanes of at least 4 members (excludes halogenated alkanes) is 1. The molecule has 11 heteroatoms. The van der Waals surface area contributed by atoms with E-state index in [2.05, 4.69) is 22.1 Å². The Balaban J connectivity index is 1.37. The van der Waals surface area contributed by atoms with Gasteiger partial charge in [-0.15, -0.1) is 0 Å². The number of carbonyl (C=O) groups is 2. The Morgan fingerprint density at radius 1 is 1.12 bits per heavy atom. The fraction of sp³-hybridized carbons (Fsp3) is 0.300. The Morgan fingerprint density at radius 2 is 1.90 bits per heavy atom. The number of nitrogens with one attached hydrogen (secondary N) is 1. The minimum atomic E-state index is -3.19. The zero-order chi connectivity index (χ0) is 29.2. The summed E-state index contributed by atoms with van der Waals surface area (Å²) < 4.78 is 35.4. The summed E-state index contributed by atoms with van der Waals surface area (Å²) in [7, 11) is -1.60. The summed E-state index contributed by atoms with van der Waals surface area (Å²) in [4.78, 5) is 31.7. The van der Waals surface area contributed by atoms with E-state index in [4.69, 9.17) is 14.6 Å². The van der Waals surface area contributed by atoms with Gasteiger partial charge < -0.3 is 24.8 Å². The zero-order valence-electron chi connectivity index (χ0n) is 22.6. The van der Waals surface area contributed by atoms with E-state index in [0.29, 0.717) is 41.3 Å². The molecule has 3 aromatic rings. The van der Waals surface area contributed by atoms with Crippen molar-refractivity contribution in [3.63, 3.8) is 0 Å². The van der Waals surface area contributed by atoms with Gasteiger partial charge in [0.05, 0.1) is 17.2 Å². The predicted molar refractivity (Wildman–Crippen MR) is 154 cm³/mol. The number of aromatic nitrogens is 1. The number of aliphatic hydroxyl groups excluding tert-OH is 1. The molecule has 0 saturated heterocycles. The molecule has 2 aromatic carbocycles. The van der Waals surface area contributed by atoms with Gasteiger partial charge in [-0.05, 0) is 49.2 Å². The van der Waals surface area contributed by atoms with Gasteiger partial charge >= 0.3 is 0 Å². The topological polar surface area (TPSA) is 135 Å². The number of pyridine rings is 1. The molecule has 41 heavy (non-hydrogen) atoms. The molecule has 0 bridgehead atoms. The van der Waals surface area contributed by atoms with Crippen molar-refractivity contribution < 1.29 is 32.6 Å². The Bertz CT molecular complexity index is 1550. The first-order chi connectivity index (χ1) is 19.8. The predicted octanol–water partition coefficient (Wildman–Crippen LogP) is 2.96. The fourth-order valence-electron chi connectivity index (χ4n) is 4.07. The lowest BCUT2D eigenvalue weighted by Gasteiger charge is -2.20. The van der Waals surface area contributed by atoms with Crippen molar-refractivity contribution in [2.24, 2.45) is 0 Å². The number of para-hydroxylation sites is 1. The maximum Gasteiger partial charge on any atom is 0.270 e. The Morgan fingerprint density at radius 3 is 2.68 bits per heavy atom. The van der Waals surface area contributed by atoms with Crippen LogP contribution < -0.4 is 19.7 Å². The molecule has 2 N–H and O–H groups in total. The van der Waals surface area contributed by atoms with Crippen molar-refractivity contribution in [2.45, 2.75) is 25.3 Å². The molecule has 0 fully saturated rings. The number of carbonyl (C=O) groups excluding carboxylic acids is 2. The molecule has 0 saturated carbocycles. The summed E-state index contributed by atoms with van der Waals surface area (Å²) in [6.07, 6.45) is 2.47. The molecule has 2 amide bonds. The quantitative estimate of drug-likeness (QED) is 0.277. The Hall–Kier alpha value is -4.40. The number of hydrogen-bond donors (Lipinski definition) is 2. The maximum atomic E-state index is 13.2. The SMILES string of the molecule is CN1C(=O)[C@@H](NC(=O)c2cc(Oc3ccccc3)ccn2)COc2ccc(C#CCCCS(=O)(=O)CCCO)cc21. The van der Waals surface area contributed by atoms with Crippen LogP contribution in [0, 0.1) is 11.8 Å². The number of hydrogen-bond acceptors (Lipinski definition) is 8. The molecule has 0 aliphatic carbocycles. The van der Waals surface area contributed by atoms with Gasteiger partial charge in [-0.2, -0.15) is 0 Å². The molecule has 4 rings (SSSR count). The number of rotatable bonds is 10.